The lowest BCUT2D eigenvalue weighted by molar-refractivity contribution is 0.542. The van der Waals surface area contributed by atoms with Crippen molar-refractivity contribution in [3.05, 3.63) is 52.3 Å². The van der Waals surface area contributed by atoms with E-state index in [1.807, 2.05) is 29.9 Å². The number of benzene rings is 1. The van der Waals surface area contributed by atoms with E-state index in [0.29, 0.717) is 0 Å². The number of rotatable bonds is 5. The van der Waals surface area contributed by atoms with E-state index >= 15 is 0 Å². The fourth-order valence-corrected chi connectivity index (χ4v) is 2.64. The molecule has 1 atom stereocenters. The first-order chi connectivity index (χ1) is 9.17. The van der Waals surface area contributed by atoms with Crippen LogP contribution in [0.4, 0.5) is 0 Å². The smallest absolute Gasteiger partial charge is 0.0762 e. The molecule has 3 nitrogen and oxygen atoms in total. The molecule has 0 radical (unpaired) electrons. The predicted octanol–water partition coefficient (Wildman–Crippen LogP) is 3.56. The zero-order chi connectivity index (χ0) is 13.8. The Balaban J connectivity index is 2.45. The fourth-order valence-electron chi connectivity index (χ4n) is 2.30. The lowest BCUT2D eigenvalue weighted by Crippen LogP contribution is -2.25. The zero-order valence-electron chi connectivity index (χ0n) is 11.7. The lowest BCUT2D eigenvalue weighted by atomic mass is 10.0. The number of aryl methyl sites for hydroxylation is 2. The Hall–Kier alpha value is -1.32. The van der Waals surface area contributed by atoms with Crippen LogP contribution >= 0.6 is 11.6 Å². The summed E-state index contributed by atoms with van der Waals surface area (Å²) < 4.78 is 2.00. The Morgan fingerprint density at radius 1 is 1.32 bits per heavy atom. The summed E-state index contributed by atoms with van der Waals surface area (Å²) >= 11 is 6.40. The van der Waals surface area contributed by atoms with Gasteiger partial charge >= 0.3 is 0 Å². The molecule has 19 heavy (non-hydrogen) atoms. The molecule has 4 heteroatoms. The van der Waals surface area contributed by atoms with E-state index in [-0.39, 0.29) is 6.04 Å². The molecular formula is C15H20ClN3. The zero-order valence-corrected chi connectivity index (χ0v) is 12.4. The summed E-state index contributed by atoms with van der Waals surface area (Å²) in [6, 6.07) is 8.33. The molecule has 2 rings (SSSR count). The number of aromatic nitrogens is 2. The topological polar surface area (TPSA) is 29.9 Å². The first kappa shape index (κ1) is 14.1. The SMILES string of the molecule is CCNC(c1ccc(C)cc1Cl)c1ccnn1CC. The Labute approximate surface area is 119 Å². The summed E-state index contributed by atoms with van der Waals surface area (Å²) in [5.41, 5.74) is 3.42. The van der Waals surface area contributed by atoms with Gasteiger partial charge in [-0.3, -0.25) is 4.68 Å². The summed E-state index contributed by atoms with van der Waals surface area (Å²) in [6.45, 7) is 7.98. The summed E-state index contributed by atoms with van der Waals surface area (Å²) in [4.78, 5) is 0. The summed E-state index contributed by atoms with van der Waals surface area (Å²) in [7, 11) is 0. The van der Waals surface area contributed by atoms with Gasteiger partial charge in [-0.1, -0.05) is 30.7 Å². The largest absolute Gasteiger partial charge is 0.305 e. The van der Waals surface area contributed by atoms with Gasteiger partial charge in [0.1, 0.15) is 0 Å². The van der Waals surface area contributed by atoms with Crippen LogP contribution in [0.3, 0.4) is 0 Å². The third-order valence-corrected chi connectivity index (χ3v) is 3.55. The molecule has 0 saturated carbocycles. The minimum Gasteiger partial charge on any atom is -0.305 e. The van der Waals surface area contributed by atoms with E-state index in [9.17, 15) is 0 Å². The van der Waals surface area contributed by atoms with Crippen molar-refractivity contribution in [2.24, 2.45) is 0 Å². The van der Waals surface area contributed by atoms with Crippen molar-refractivity contribution in [2.75, 3.05) is 6.54 Å². The number of halogens is 1. The Kier molecular flexibility index (Phi) is 4.61. The van der Waals surface area contributed by atoms with Crippen LogP contribution in [0, 0.1) is 6.92 Å². The molecule has 102 valence electrons. The van der Waals surface area contributed by atoms with Crippen molar-refractivity contribution in [2.45, 2.75) is 33.4 Å². The summed E-state index contributed by atoms with van der Waals surface area (Å²) in [6.07, 6.45) is 1.84. The molecule has 0 aliphatic carbocycles. The molecule has 1 N–H and O–H groups in total. The van der Waals surface area contributed by atoms with Crippen molar-refractivity contribution < 1.29 is 0 Å². The second-order valence-corrected chi connectivity index (χ2v) is 4.99. The highest BCUT2D eigenvalue weighted by Crippen LogP contribution is 2.29. The van der Waals surface area contributed by atoms with Gasteiger partial charge < -0.3 is 5.32 Å². The summed E-state index contributed by atoms with van der Waals surface area (Å²) in [5.74, 6) is 0. The molecule has 0 aliphatic rings. The van der Waals surface area contributed by atoms with E-state index in [1.165, 1.54) is 5.56 Å². The fraction of sp³-hybridized carbons (Fsp3) is 0.400. The van der Waals surface area contributed by atoms with Crippen LogP contribution < -0.4 is 5.32 Å². The van der Waals surface area contributed by atoms with E-state index in [1.54, 1.807) is 0 Å². The van der Waals surface area contributed by atoms with Gasteiger partial charge in [-0.05, 0) is 43.7 Å². The number of nitrogens with one attached hydrogen (secondary N) is 1. The van der Waals surface area contributed by atoms with Gasteiger partial charge in [0.15, 0.2) is 0 Å². The highest BCUT2D eigenvalue weighted by Gasteiger charge is 2.19. The van der Waals surface area contributed by atoms with Crippen LogP contribution in [0.2, 0.25) is 5.02 Å². The Morgan fingerprint density at radius 3 is 2.74 bits per heavy atom. The Morgan fingerprint density at radius 2 is 2.11 bits per heavy atom. The molecule has 1 heterocycles. The van der Waals surface area contributed by atoms with Gasteiger partial charge in [0, 0.05) is 17.8 Å². The standard InChI is InChI=1S/C15H20ClN3/c1-4-17-15(14-8-9-18-19(14)5-2)12-7-6-11(3)10-13(12)16/h6-10,15,17H,4-5H2,1-3H3. The molecule has 0 amide bonds. The van der Waals surface area contributed by atoms with Crippen LogP contribution in [-0.4, -0.2) is 16.3 Å². The highest BCUT2D eigenvalue weighted by molar-refractivity contribution is 6.31. The van der Waals surface area contributed by atoms with Crippen molar-refractivity contribution in [1.29, 1.82) is 0 Å². The van der Waals surface area contributed by atoms with Gasteiger partial charge in [0.25, 0.3) is 0 Å². The molecule has 1 aromatic carbocycles. The maximum absolute atomic E-state index is 6.40. The van der Waals surface area contributed by atoms with E-state index in [0.717, 1.165) is 29.4 Å². The van der Waals surface area contributed by atoms with Gasteiger partial charge in [-0.2, -0.15) is 5.10 Å². The molecule has 1 aromatic heterocycles. The van der Waals surface area contributed by atoms with Crippen molar-refractivity contribution in [3.63, 3.8) is 0 Å². The summed E-state index contributed by atoms with van der Waals surface area (Å²) in [5, 5.41) is 8.64. The van der Waals surface area contributed by atoms with Gasteiger partial charge in [-0.15, -0.1) is 0 Å². The van der Waals surface area contributed by atoms with Gasteiger partial charge in [0.2, 0.25) is 0 Å². The van der Waals surface area contributed by atoms with Crippen LogP contribution in [0.15, 0.2) is 30.5 Å². The Bertz CT molecular complexity index is 548. The molecule has 0 saturated heterocycles. The van der Waals surface area contributed by atoms with E-state index in [2.05, 4.69) is 36.4 Å². The monoisotopic (exact) mass is 277 g/mol. The molecule has 2 aromatic rings. The molecule has 0 bridgehead atoms. The van der Waals surface area contributed by atoms with E-state index < -0.39 is 0 Å². The second-order valence-electron chi connectivity index (χ2n) is 4.59. The van der Waals surface area contributed by atoms with Crippen LogP contribution in [0.25, 0.3) is 0 Å². The number of hydrogen-bond donors (Lipinski definition) is 1. The average Bonchev–Trinajstić information content (AvgIpc) is 2.85. The predicted molar refractivity (Wildman–Crippen MR) is 79.6 cm³/mol. The quantitative estimate of drug-likeness (QED) is 0.906. The second kappa shape index (κ2) is 6.22. The van der Waals surface area contributed by atoms with Crippen LogP contribution in [0.5, 0.6) is 0 Å². The van der Waals surface area contributed by atoms with Crippen LogP contribution in [0.1, 0.15) is 36.7 Å². The molecule has 0 aliphatic heterocycles. The first-order valence-electron chi connectivity index (χ1n) is 6.68. The van der Waals surface area contributed by atoms with Crippen molar-refractivity contribution >= 4 is 11.6 Å². The first-order valence-corrected chi connectivity index (χ1v) is 7.06. The van der Waals surface area contributed by atoms with Crippen LogP contribution in [-0.2, 0) is 6.54 Å². The molecule has 0 spiro atoms. The number of nitrogens with zero attached hydrogens (tertiary/aromatic N) is 2. The molecule has 0 fully saturated rings. The normalized spacial score (nSPS) is 12.6. The molecular weight excluding hydrogens is 258 g/mol. The average molecular weight is 278 g/mol. The lowest BCUT2D eigenvalue weighted by Gasteiger charge is -2.21. The minimum absolute atomic E-state index is 0.0838. The maximum Gasteiger partial charge on any atom is 0.0762 e. The third kappa shape index (κ3) is 2.99. The van der Waals surface area contributed by atoms with Gasteiger partial charge in [-0.25, -0.2) is 0 Å². The number of hydrogen-bond acceptors (Lipinski definition) is 2. The third-order valence-electron chi connectivity index (χ3n) is 3.22. The van der Waals surface area contributed by atoms with Crippen molar-refractivity contribution in [1.82, 2.24) is 15.1 Å². The maximum atomic E-state index is 6.40. The van der Waals surface area contributed by atoms with Gasteiger partial charge in [0.05, 0.1) is 11.7 Å². The highest BCUT2D eigenvalue weighted by atomic mass is 35.5. The molecule has 1 unspecified atom stereocenters. The van der Waals surface area contributed by atoms with E-state index in [4.69, 9.17) is 11.6 Å². The minimum atomic E-state index is 0.0838. The van der Waals surface area contributed by atoms with Crippen molar-refractivity contribution in [3.8, 4) is 0 Å².